The van der Waals surface area contributed by atoms with E-state index in [1.807, 2.05) is 0 Å². The molecule has 0 unspecified atom stereocenters. The molecule has 1 fully saturated rings. The topological polar surface area (TPSA) is 159 Å². The summed E-state index contributed by atoms with van der Waals surface area (Å²) < 4.78 is 47.7. The summed E-state index contributed by atoms with van der Waals surface area (Å²) >= 11 is 0. The third kappa shape index (κ3) is 6.03. The minimum absolute atomic E-state index is 0.0114. The van der Waals surface area contributed by atoms with Gasteiger partial charge in [0.1, 0.15) is 5.69 Å². The predicted octanol–water partition coefficient (Wildman–Crippen LogP) is 2.00. The zero-order chi connectivity index (χ0) is 25.6. The van der Waals surface area contributed by atoms with Crippen molar-refractivity contribution in [2.45, 2.75) is 11.8 Å². The number of benzene rings is 2. The van der Waals surface area contributed by atoms with Crippen molar-refractivity contribution in [2.75, 3.05) is 45.9 Å². The van der Waals surface area contributed by atoms with Gasteiger partial charge in [-0.05, 0) is 24.3 Å². The number of rotatable bonds is 9. The van der Waals surface area contributed by atoms with E-state index in [2.05, 4.69) is 10.5 Å². The summed E-state index contributed by atoms with van der Waals surface area (Å²) in [6.07, 6.45) is 1.34. The number of morpholine rings is 1. The molecule has 1 N–H and O–H groups in total. The lowest BCUT2D eigenvalue weighted by atomic mass is 10.2. The van der Waals surface area contributed by atoms with Crippen LogP contribution in [0, 0.1) is 10.1 Å². The number of nitrogens with one attached hydrogen (secondary N) is 1. The number of methoxy groups -OCH3 is 2. The van der Waals surface area contributed by atoms with Crippen molar-refractivity contribution in [1.29, 1.82) is 0 Å². The Kier molecular flexibility index (Phi) is 8.22. The van der Waals surface area contributed by atoms with Crippen molar-refractivity contribution < 1.29 is 37.1 Å². The average Bonchev–Trinajstić information content (AvgIpc) is 2.84. The molecule has 1 heterocycles. The molecule has 0 bridgehead atoms. The highest BCUT2D eigenvalue weighted by molar-refractivity contribution is 7.89. The van der Waals surface area contributed by atoms with E-state index in [-0.39, 0.29) is 54.1 Å². The standard InChI is InChI=1S/C21H24N4O9S/c1-14(26)34-21-19(31-2)10-15(11-20(21)32-3)13-22-23-17-5-4-16(12-18(17)25(27)28)35(29,30)24-6-8-33-9-7-24/h4-5,10-13,23H,6-9H2,1-3H3/b22-13+. The summed E-state index contributed by atoms with van der Waals surface area (Å²) in [6, 6.07) is 6.59. The first-order valence-corrected chi connectivity index (χ1v) is 11.7. The molecule has 1 saturated heterocycles. The first-order valence-electron chi connectivity index (χ1n) is 10.3. The van der Waals surface area contributed by atoms with E-state index < -0.39 is 26.6 Å². The second-order valence-corrected chi connectivity index (χ2v) is 9.11. The van der Waals surface area contributed by atoms with Gasteiger partial charge in [-0.3, -0.25) is 20.3 Å². The Bertz CT molecular complexity index is 1220. The molecule has 3 rings (SSSR count). The van der Waals surface area contributed by atoms with Crippen LogP contribution in [-0.4, -0.2) is 70.4 Å². The number of sulfonamides is 1. The quantitative estimate of drug-likeness (QED) is 0.174. The Morgan fingerprint density at radius 2 is 1.80 bits per heavy atom. The van der Waals surface area contributed by atoms with Crippen LogP contribution < -0.4 is 19.6 Å². The van der Waals surface area contributed by atoms with Gasteiger partial charge >= 0.3 is 5.97 Å². The zero-order valence-electron chi connectivity index (χ0n) is 19.2. The first kappa shape index (κ1) is 25.9. The van der Waals surface area contributed by atoms with Crippen LogP contribution in [0.1, 0.15) is 12.5 Å². The van der Waals surface area contributed by atoms with Gasteiger partial charge in [-0.1, -0.05) is 0 Å². The average molecular weight is 509 g/mol. The maximum atomic E-state index is 12.8. The van der Waals surface area contributed by atoms with Gasteiger partial charge in [-0.25, -0.2) is 8.42 Å². The number of esters is 1. The lowest BCUT2D eigenvalue weighted by Crippen LogP contribution is -2.40. The molecule has 0 aromatic heterocycles. The van der Waals surface area contributed by atoms with E-state index in [4.69, 9.17) is 18.9 Å². The summed E-state index contributed by atoms with van der Waals surface area (Å²) in [5.74, 6) is -0.0364. The van der Waals surface area contributed by atoms with E-state index in [1.54, 1.807) is 0 Å². The fourth-order valence-corrected chi connectivity index (χ4v) is 4.68. The van der Waals surface area contributed by atoms with E-state index in [0.29, 0.717) is 5.56 Å². The minimum Gasteiger partial charge on any atom is -0.493 e. The number of anilines is 1. The van der Waals surface area contributed by atoms with Gasteiger partial charge in [0.05, 0.1) is 43.5 Å². The molecule has 0 atom stereocenters. The summed E-state index contributed by atoms with van der Waals surface area (Å²) in [5.41, 5.74) is 2.55. The summed E-state index contributed by atoms with van der Waals surface area (Å²) in [4.78, 5) is 22.1. The van der Waals surface area contributed by atoms with Crippen LogP contribution in [0.2, 0.25) is 0 Å². The molecule has 35 heavy (non-hydrogen) atoms. The van der Waals surface area contributed by atoms with Gasteiger partial charge < -0.3 is 18.9 Å². The molecule has 1 aliphatic heterocycles. The number of carbonyl (C=O) groups is 1. The van der Waals surface area contributed by atoms with Gasteiger partial charge in [0.2, 0.25) is 15.8 Å². The molecule has 0 aliphatic carbocycles. The Hall–Kier alpha value is -3.75. The summed E-state index contributed by atoms with van der Waals surface area (Å²) in [6.45, 7) is 2.09. The van der Waals surface area contributed by atoms with E-state index in [1.165, 1.54) is 55.9 Å². The van der Waals surface area contributed by atoms with Crippen LogP contribution in [0.15, 0.2) is 40.3 Å². The number of nitro benzene ring substituents is 1. The van der Waals surface area contributed by atoms with Crippen molar-refractivity contribution in [2.24, 2.45) is 5.10 Å². The molecule has 2 aromatic carbocycles. The molecule has 2 aromatic rings. The number of nitrogens with zero attached hydrogens (tertiary/aromatic N) is 3. The molecule has 0 amide bonds. The van der Waals surface area contributed by atoms with Crippen molar-refractivity contribution in [3.8, 4) is 17.2 Å². The van der Waals surface area contributed by atoms with Crippen LogP contribution in [0.25, 0.3) is 0 Å². The van der Waals surface area contributed by atoms with Gasteiger partial charge in [0, 0.05) is 31.6 Å². The lowest BCUT2D eigenvalue weighted by Gasteiger charge is -2.26. The van der Waals surface area contributed by atoms with Crippen molar-refractivity contribution in [3.05, 3.63) is 46.0 Å². The summed E-state index contributed by atoms with van der Waals surface area (Å²) in [7, 11) is -1.14. The van der Waals surface area contributed by atoms with Crippen LogP contribution in [0.4, 0.5) is 11.4 Å². The number of hydrogen-bond acceptors (Lipinski definition) is 11. The fourth-order valence-electron chi connectivity index (χ4n) is 3.25. The molecule has 1 aliphatic rings. The Labute approximate surface area is 201 Å². The van der Waals surface area contributed by atoms with Gasteiger partial charge in [0.25, 0.3) is 5.69 Å². The molecular formula is C21H24N4O9S. The molecule has 0 spiro atoms. The second kappa shape index (κ2) is 11.1. The molecular weight excluding hydrogens is 484 g/mol. The van der Waals surface area contributed by atoms with Crippen LogP contribution in [0.3, 0.4) is 0 Å². The van der Waals surface area contributed by atoms with Crippen molar-refractivity contribution in [1.82, 2.24) is 4.31 Å². The van der Waals surface area contributed by atoms with Gasteiger partial charge in [-0.2, -0.15) is 9.41 Å². The van der Waals surface area contributed by atoms with Crippen LogP contribution >= 0.6 is 0 Å². The smallest absolute Gasteiger partial charge is 0.308 e. The van der Waals surface area contributed by atoms with E-state index in [9.17, 15) is 23.3 Å². The SMILES string of the molecule is COc1cc(/C=N/Nc2ccc(S(=O)(=O)N3CCOCC3)cc2[N+](=O)[O-])cc(OC)c1OC(C)=O. The highest BCUT2D eigenvalue weighted by atomic mass is 32.2. The zero-order valence-corrected chi connectivity index (χ0v) is 20.0. The number of hydrazone groups is 1. The highest BCUT2D eigenvalue weighted by Gasteiger charge is 2.29. The lowest BCUT2D eigenvalue weighted by molar-refractivity contribution is -0.384. The maximum absolute atomic E-state index is 12.8. The van der Waals surface area contributed by atoms with Gasteiger partial charge in [0.15, 0.2) is 11.5 Å². The Morgan fingerprint density at radius 3 is 2.34 bits per heavy atom. The van der Waals surface area contributed by atoms with Crippen molar-refractivity contribution in [3.63, 3.8) is 0 Å². The first-order chi connectivity index (χ1) is 16.7. The third-order valence-electron chi connectivity index (χ3n) is 4.90. The van der Waals surface area contributed by atoms with Gasteiger partial charge in [-0.15, -0.1) is 0 Å². The number of nitro groups is 1. The highest BCUT2D eigenvalue weighted by Crippen LogP contribution is 2.38. The van der Waals surface area contributed by atoms with Crippen molar-refractivity contribution >= 4 is 33.6 Å². The second-order valence-electron chi connectivity index (χ2n) is 7.17. The molecule has 0 saturated carbocycles. The van der Waals surface area contributed by atoms with E-state index >= 15 is 0 Å². The monoisotopic (exact) mass is 508 g/mol. The molecule has 0 radical (unpaired) electrons. The molecule has 13 nitrogen and oxygen atoms in total. The third-order valence-corrected chi connectivity index (χ3v) is 6.80. The largest absolute Gasteiger partial charge is 0.493 e. The molecule has 188 valence electrons. The number of hydrogen-bond donors (Lipinski definition) is 1. The predicted molar refractivity (Wildman–Crippen MR) is 125 cm³/mol. The molecule has 14 heteroatoms. The van der Waals surface area contributed by atoms with Crippen LogP contribution in [0.5, 0.6) is 17.2 Å². The van der Waals surface area contributed by atoms with Crippen LogP contribution in [-0.2, 0) is 19.6 Å². The fraction of sp³-hybridized carbons (Fsp3) is 0.333. The maximum Gasteiger partial charge on any atom is 0.308 e. The minimum atomic E-state index is -3.91. The van der Waals surface area contributed by atoms with E-state index in [0.717, 1.165) is 6.07 Å². The normalized spacial score (nSPS) is 14.5. The number of carbonyl (C=O) groups excluding carboxylic acids is 1. The Morgan fingerprint density at radius 1 is 1.17 bits per heavy atom. The Balaban J connectivity index is 1.86. The number of ether oxygens (including phenoxy) is 4. The summed E-state index contributed by atoms with van der Waals surface area (Å²) in [5, 5.41) is 15.6.